The lowest BCUT2D eigenvalue weighted by Crippen LogP contribution is -2.50. The molecule has 3 rings (SSSR count). The number of hydrogen-bond acceptors (Lipinski definition) is 3. The minimum atomic E-state index is -0.741. The normalized spacial score (nSPS) is 15.9. The fourth-order valence-electron chi connectivity index (χ4n) is 2.81. The zero-order chi connectivity index (χ0) is 19.2. The lowest BCUT2D eigenvalue weighted by Gasteiger charge is -2.33. The summed E-state index contributed by atoms with van der Waals surface area (Å²) in [6.07, 6.45) is 3.28. The van der Waals surface area contributed by atoms with Gasteiger partial charge in [-0.05, 0) is 42.3 Å². The van der Waals surface area contributed by atoms with Gasteiger partial charge in [-0.1, -0.05) is 42.8 Å². The average Bonchev–Trinajstić information content (AvgIpc) is 2.69. The van der Waals surface area contributed by atoms with Crippen molar-refractivity contribution in [3.05, 3.63) is 65.2 Å². The van der Waals surface area contributed by atoms with Gasteiger partial charge in [0.2, 0.25) is 0 Å². The molecule has 5 nitrogen and oxygen atoms in total. The Kier molecular flexibility index (Phi) is 6.14. The van der Waals surface area contributed by atoms with Crippen LogP contribution in [0.5, 0.6) is 5.75 Å². The molecule has 1 N–H and O–H groups in total. The molecule has 0 bridgehead atoms. The Morgan fingerprint density at radius 1 is 1.26 bits per heavy atom. The summed E-state index contributed by atoms with van der Waals surface area (Å²) in [6.45, 7) is 2.71. The third-order valence-electron chi connectivity index (χ3n) is 4.15. The molecule has 2 amide bonds. The van der Waals surface area contributed by atoms with E-state index in [1.165, 1.54) is 6.08 Å². The van der Waals surface area contributed by atoms with Crippen LogP contribution in [0.1, 0.15) is 18.9 Å². The van der Waals surface area contributed by atoms with Crippen molar-refractivity contribution in [2.45, 2.75) is 19.4 Å². The van der Waals surface area contributed by atoms with Gasteiger partial charge < -0.3 is 15.0 Å². The van der Waals surface area contributed by atoms with Gasteiger partial charge in [0.25, 0.3) is 11.8 Å². The summed E-state index contributed by atoms with van der Waals surface area (Å²) in [5.74, 6) is 0.0758. The second-order valence-corrected chi connectivity index (χ2v) is 6.64. The summed E-state index contributed by atoms with van der Waals surface area (Å²) >= 11 is 5.98. The third kappa shape index (κ3) is 4.68. The maximum atomic E-state index is 12.8. The monoisotopic (exact) mass is 384 g/mol. The van der Waals surface area contributed by atoms with Gasteiger partial charge in [-0.15, -0.1) is 0 Å². The highest BCUT2D eigenvalue weighted by atomic mass is 35.5. The van der Waals surface area contributed by atoms with Crippen LogP contribution >= 0.6 is 11.6 Å². The zero-order valence-corrected chi connectivity index (χ0v) is 15.8. The molecule has 1 heterocycles. The fraction of sp³-hybridized carbons (Fsp3) is 0.238. The van der Waals surface area contributed by atoms with Crippen LogP contribution in [0, 0.1) is 0 Å². The topological polar surface area (TPSA) is 58.6 Å². The molecule has 0 aliphatic carbocycles. The van der Waals surface area contributed by atoms with Crippen LogP contribution in [-0.2, 0) is 9.59 Å². The quantitative estimate of drug-likeness (QED) is 0.800. The highest BCUT2D eigenvalue weighted by molar-refractivity contribution is 6.30. The molecule has 0 radical (unpaired) electrons. The average molecular weight is 385 g/mol. The smallest absolute Gasteiger partial charge is 0.262 e. The van der Waals surface area contributed by atoms with Gasteiger partial charge in [0.1, 0.15) is 5.75 Å². The molecule has 0 spiro atoms. The summed E-state index contributed by atoms with van der Waals surface area (Å²) in [7, 11) is 0. The number of carbonyl (C=O) groups is 2. The molecule has 0 unspecified atom stereocenters. The summed E-state index contributed by atoms with van der Waals surface area (Å²) < 4.78 is 5.80. The van der Waals surface area contributed by atoms with Crippen LogP contribution < -0.4 is 15.0 Å². The van der Waals surface area contributed by atoms with E-state index in [9.17, 15) is 9.59 Å². The van der Waals surface area contributed by atoms with Crippen LogP contribution in [0.15, 0.2) is 54.6 Å². The molecule has 1 aliphatic heterocycles. The van der Waals surface area contributed by atoms with Crippen molar-refractivity contribution in [3.63, 3.8) is 0 Å². The van der Waals surface area contributed by atoms with E-state index in [2.05, 4.69) is 5.32 Å². The number of nitrogens with one attached hydrogen (secondary N) is 1. The van der Waals surface area contributed by atoms with E-state index in [0.29, 0.717) is 23.0 Å². The molecule has 2 aromatic rings. The zero-order valence-electron chi connectivity index (χ0n) is 15.0. The molecule has 27 heavy (non-hydrogen) atoms. The van der Waals surface area contributed by atoms with Crippen molar-refractivity contribution in [1.29, 1.82) is 0 Å². The van der Waals surface area contributed by atoms with Gasteiger partial charge in [-0.2, -0.15) is 0 Å². The fourth-order valence-corrected chi connectivity index (χ4v) is 3.01. The number of fused-ring (bicyclic) bond motifs is 1. The van der Waals surface area contributed by atoms with E-state index in [1.807, 2.05) is 31.2 Å². The third-order valence-corrected chi connectivity index (χ3v) is 4.38. The number of carbonyl (C=O) groups excluding carboxylic acids is 2. The SMILES string of the molecule is CCCNC(=O)[C@@H]1CN(C(=O)/C=C/c2cccc(Cl)c2)c2ccccc2O1. The Morgan fingerprint density at radius 3 is 2.85 bits per heavy atom. The number of amides is 2. The van der Waals surface area contributed by atoms with Crippen LogP contribution in [0.2, 0.25) is 5.02 Å². The van der Waals surface area contributed by atoms with Crippen LogP contribution in [0.25, 0.3) is 6.08 Å². The van der Waals surface area contributed by atoms with E-state index in [1.54, 1.807) is 35.2 Å². The summed E-state index contributed by atoms with van der Waals surface area (Å²) in [4.78, 5) is 26.7. The number of benzene rings is 2. The van der Waals surface area contributed by atoms with Crippen LogP contribution in [-0.4, -0.2) is 31.0 Å². The van der Waals surface area contributed by atoms with Gasteiger partial charge in [-0.25, -0.2) is 0 Å². The van der Waals surface area contributed by atoms with Crippen molar-refractivity contribution < 1.29 is 14.3 Å². The first-order valence-electron chi connectivity index (χ1n) is 8.87. The van der Waals surface area contributed by atoms with Gasteiger partial charge in [0, 0.05) is 17.6 Å². The Bertz CT molecular complexity index is 866. The number of hydrogen-bond donors (Lipinski definition) is 1. The first-order chi connectivity index (χ1) is 13.1. The van der Waals surface area contributed by atoms with Crippen LogP contribution in [0.4, 0.5) is 5.69 Å². The number of halogens is 1. The van der Waals surface area contributed by atoms with Gasteiger partial charge in [0.05, 0.1) is 12.2 Å². The summed E-state index contributed by atoms with van der Waals surface area (Å²) in [6, 6.07) is 14.5. The highest BCUT2D eigenvalue weighted by Gasteiger charge is 2.32. The molecule has 0 fully saturated rings. The minimum absolute atomic E-state index is 0.158. The number of nitrogens with zero attached hydrogens (tertiary/aromatic N) is 1. The van der Waals surface area contributed by atoms with E-state index < -0.39 is 6.10 Å². The van der Waals surface area contributed by atoms with Crippen molar-refractivity contribution in [2.75, 3.05) is 18.0 Å². The Labute approximate surface area is 163 Å². The number of anilines is 1. The Morgan fingerprint density at radius 2 is 2.07 bits per heavy atom. The number of para-hydroxylation sites is 2. The van der Waals surface area contributed by atoms with Gasteiger partial charge in [-0.3, -0.25) is 9.59 Å². The van der Waals surface area contributed by atoms with Gasteiger partial charge in [0.15, 0.2) is 6.10 Å². The van der Waals surface area contributed by atoms with Crippen molar-refractivity contribution >= 4 is 35.2 Å². The maximum absolute atomic E-state index is 12.8. The molecule has 0 saturated carbocycles. The lowest BCUT2D eigenvalue weighted by molar-refractivity contribution is -0.128. The van der Waals surface area contributed by atoms with E-state index >= 15 is 0 Å². The molecular formula is C21H21ClN2O3. The molecule has 0 aromatic heterocycles. The number of ether oxygens (including phenoxy) is 1. The van der Waals surface area contributed by atoms with Crippen molar-refractivity contribution in [2.24, 2.45) is 0 Å². The second-order valence-electron chi connectivity index (χ2n) is 6.20. The molecule has 1 atom stereocenters. The first-order valence-corrected chi connectivity index (χ1v) is 9.25. The van der Waals surface area contributed by atoms with Crippen molar-refractivity contribution in [1.82, 2.24) is 5.32 Å². The predicted octanol–water partition coefficient (Wildman–Crippen LogP) is 3.67. The highest BCUT2D eigenvalue weighted by Crippen LogP contribution is 2.33. The standard InChI is InChI=1S/C21H21ClN2O3/c1-2-12-23-21(26)19-14-24(17-8-3-4-9-18(17)27-19)20(25)11-10-15-6-5-7-16(22)13-15/h3-11,13,19H,2,12,14H2,1H3,(H,23,26)/b11-10+/t19-/m0/s1. The molecule has 6 heteroatoms. The summed E-state index contributed by atoms with van der Waals surface area (Å²) in [5, 5.41) is 3.43. The lowest BCUT2D eigenvalue weighted by atomic mass is 10.1. The molecule has 0 saturated heterocycles. The molecular weight excluding hydrogens is 364 g/mol. The van der Waals surface area contributed by atoms with Crippen molar-refractivity contribution in [3.8, 4) is 5.75 Å². The molecule has 140 valence electrons. The Hall–Kier alpha value is -2.79. The second kappa shape index (κ2) is 8.73. The maximum Gasteiger partial charge on any atom is 0.262 e. The molecule has 2 aromatic carbocycles. The molecule has 1 aliphatic rings. The first kappa shape index (κ1) is 19.0. The largest absolute Gasteiger partial charge is 0.477 e. The van der Waals surface area contributed by atoms with Gasteiger partial charge >= 0.3 is 0 Å². The predicted molar refractivity (Wildman–Crippen MR) is 107 cm³/mol. The summed E-state index contributed by atoms with van der Waals surface area (Å²) in [5.41, 5.74) is 1.48. The number of rotatable bonds is 5. The van der Waals surface area contributed by atoms with E-state index in [0.717, 1.165) is 12.0 Å². The van der Waals surface area contributed by atoms with E-state index in [4.69, 9.17) is 16.3 Å². The van der Waals surface area contributed by atoms with Crippen LogP contribution in [0.3, 0.4) is 0 Å². The van der Waals surface area contributed by atoms with E-state index in [-0.39, 0.29) is 18.4 Å². The Balaban J connectivity index is 1.81. The minimum Gasteiger partial charge on any atom is -0.477 e.